The van der Waals surface area contributed by atoms with Gasteiger partial charge in [-0.2, -0.15) is 4.31 Å². The summed E-state index contributed by atoms with van der Waals surface area (Å²) in [5, 5.41) is 14.1. The number of nitrogen functional groups attached to an aromatic ring is 1. The number of Topliss-reactive ketones (excluding diaryl/α,β-unsaturated/α-hetero) is 1. The lowest BCUT2D eigenvalue weighted by atomic mass is 9.87. The average Bonchev–Trinajstić information content (AvgIpc) is 2.81. The average molecular weight is 562 g/mol. The third-order valence-electron chi connectivity index (χ3n) is 6.11. The lowest BCUT2D eigenvalue weighted by Crippen LogP contribution is -2.52. The van der Waals surface area contributed by atoms with Crippen molar-refractivity contribution in [1.29, 1.82) is 0 Å². The van der Waals surface area contributed by atoms with Crippen LogP contribution in [0.5, 0.6) is 0 Å². The molecule has 0 saturated heterocycles. The normalized spacial score (nSPS) is 14.1. The lowest BCUT2D eigenvalue weighted by molar-refractivity contribution is -0.117. The van der Waals surface area contributed by atoms with Gasteiger partial charge in [0.25, 0.3) is 0 Å². The van der Waals surface area contributed by atoms with Gasteiger partial charge >= 0.3 is 6.09 Å². The standard InChI is InChI=1S/C29H43N3O6S/c1-21(33)15-16-29(5,6)20-32(39(36,37)24-14-10-13-23(30)18-24)19-26(34)25(17-22-11-8-7-9-12-22)31-27(35)38-28(2,3)4/h7-14,18,25-26,34H,15-17,19-20,30H2,1-6H3,(H,31,35). The molecule has 1 amide bonds. The molecule has 2 aromatic rings. The van der Waals surface area contributed by atoms with Crippen molar-refractivity contribution in [3.8, 4) is 0 Å². The number of benzene rings is 2. The van der Waals surface area contributed by atoms with E-state index in [1.807, 2.05) is 44.2 Å². The predicted molar refractivity (Wildman–Crippen MR) is 153 cm³/mol. The molecule has 0 spiro atoms. The molecule has 10 heteroatoms. The van der Waals surface area contributed by atoms with Crippen molar-refractivity contribution in [3.63, 3.8) is 0 Å². The Bertz CT molecular complexity index is 1210. The number of nitrogens with zero attached hydrogens (tertiary/aromatic N) is 1. The van der Waals surface area contributed by atoms with Crippen molar-refractivity contribution in [2.75, 3.05) is 18.8 Å². The van der Waals surface area contributed by atoms with E-state index >= 15 is 0 Å². The number of ketones is 1. The molecule has 2 atom stereocenters. The number of carbonyl (C=O) groups is 2. The zero-order valence-electron chi connectivity index (χ0n) is 23.8. The van der Waals surface area contributed by atoms with Crippen molar-refractivity contribution in [3.05, 3.63) is 60.2 Å². The first-order chi connectivity index (χ1) is 18.0. The van der Waals surface area contributed by atoms with Gasteiger partial charge in [0, 0.05) is 25.2 Å². The summed E-state index contributed by atoms with van der Waals surface area (Å²) in [6, 6.07) is 14.4. The fraction of sp³-hybridized carbons (Fsp3) is 0.517. The Balaban J connectivity index is 2.41. The molecule has 2 rings (SSSR count). The minimum atomic E-state index is -4.09. The van der Waals surface area contributed by atoms with E-state index in [1.54, 1.807) is 32.9 Å². The molecule has 0 saturated carbocycles. The van der Waals surface area contributed by atoms with Crippen molar-refractivity contribution in [2.45, 2.75) is 83.4 Å². The molecule has 0 heterocycles. The molecule has 0 aliphatic heterocycles. The number of sulfonamides is 1. The monoisotopic (exact) mass is 561 g/mol. The number of amides is 1. The van der Waals surface area contributed by atoms with Crippen molar-refractivity contribution in [2.24, 2.45) is 5.41 Å². The largest absolute Gasteiger partial charge is 0.444 e. The first-order valence-electron chi connectivity index (χ1n) is 13.1. The predicted octanol–water partition coefficient (Wildman–Crippen LogP) is 4.15. The minimum absolute atomic E-state index is 0.00298. The van der Waals surface area contributed by atoms with Crippen LogP contribution in [0.1, 0.15) is 59.9 Å². The molecular formula is C29H43N3O6S. The van der Waals surface area contributed by atoms with Crippen LogP contribution in [0.15, 0.2) is 59.5 Å². The van der Waals surface area contributed by atoms with Crippen molar-refractivity contribution >= 4 is 27.6 Å². The first kappa shape index (κ1) is 32.3. The Morgan fingerprint density at radius 1 is 1.05 bits per heavy atom. The van der Waals surface area contributed by atoms with Crippen LogP contribution in [0.3, 0.4) is 0 Å². The van der Waals surface area contributed by atoms with Crippen molar-refractivity contribution in [1.82, 2.24) is 9.62 Å². The van der Waals surface area contributed by atoms with Gasteiger partial charge in [-0.15, -0.1) is 0 Å². The van der Waals surface area contributed by atoms with E-state index in [0.29, 0.717) is 18.5 Å². The van der Waals surface area contributed by atoms with Gasteiger partial charge in [-0.25, -0.2) is 13.2 Å². The zero-order chi connectivity index (χ0) is 29.4. The van der Waals surface area contributed by atoms with Gasteiger partial charge in [0.15, 0.2) is 0 Å². The van der Waals surface area contributed by atoms with Gasteiger partial charge in [0.1, 0.15) is 11.4 Å². The van der Waals surface area contributed by atoms with E-state index in [1.165, 1.54) is 23.4 Å². The zero-order valence-corrected chi connectivity index (χ0v) is 24.6. The number of alkyl carbamates (subject to hydrolysis) is 1. The summed E-state index contributed by atoms with van der Waals surface area (Å²) in [6.45, 7) is 10.2. The molecule has 0 aliphatic rings. The number of rotatable bonds is 13. The summed E-state index contributed by atoms with van der Waals surface area (Å²) in [6.07, 6.45) is -0.975. The highest BCUT2D eigenvalue weighted by atomic mass is 32.2. The Kier molecular flexibility index (Phi) is 11.1. The molecule has 0 radical (unpaired) electrons. The maximum absolute atomic E-state index is 13.8. The highest BCUT2D eigenvalue weighted by molar-refractivity contribution is 7.89. The number of carbonyl (C=O) groups excluding carboxylic acids is 2. The third-order valence-corrected chi connectivity index (χ3v) is 7.92. The van der Waals surface area contributed by atoms with Gasteiger partial charge in [0.2, 0.25) is 10.0 Å². The van der Waals surface area contributed by atoms with Crippen LogP contribution in [-0.2, 0) is 26.0 Å². The second kappa shape index (κ2) is 13.4. The highest BCUT2D eigenvalue weighted by Crippen LogP contribution is 2.28. The topological polar surface area (TPSA) is 139 Å². The Labute approximate surface area is 232 Å². The van der Waals surface area contributed by atoms with Gasteiger partial charge < -0.3 is 25.7 Å². The highest BCUT2D eigenvalue weighted by Gasteiger charge is 2.35. The minimum Gasteiger partial charge on any atom is -0.444 e. The van der Waals surface area contributed by atoms with E-state index in [0.717, 1.165) is 5.56 Å². The van der Waals surface area contributed by atoms with Gasteiger partial charge in [-0.3, -0.25) is 0 Å². The van der Waals surface area contributed by atoms with Crippen LogP contribution in [0.25, 0.3) is 0 Å². The van der Waals surface area contributed by atoms with Gasteiger partial charge in [-0.05, 0) is 69.7 Å². The second-order valence-corrected chi connectivity index (χ2v) is 13.7. The molecule has 9 nitrogen and oxygen atoms in total. The number of hydrogen-bond donors (Lipinski definition) is 3. The molecule has 2 unspecified atom stereocenters. The SMILES string of the molecule is CC(=O)CCC(C)(C)CN(CC(O)C(Cc1ccccc1)NC(=O)OC(C)(C)C)S(=O)(=O)c1cccc(N)c1. The lowest BCUT2D eigenvalue weighted by Gasteiger charge is -2.35. The summed E-state index contributed by atoms with van der Waals surface area (Å²) in [5.74, 6) is 0.0119. The number of nitrogens with two attached hydrogens (primary N) is 1. The van der Waals surface area contributed by atoms with Gasteiger partial charge in [-0.1, -0.05) is 50.2 Å². The molecular weight excluding hydrogens is 518 g/mol. The number of anilines is 1. The van der Waals surface area contributed by atoms with Crippen LogP contribution in [0, 0.1) is 5.41 Å². The number of nitrogens with one attached hydrogen (secondary N) is 1. The summed E-state index contributed by atoms with van der Waals surface area (Å²) in [7, 11) is -4.09. The van der Waals surface area contributed by atoms with E-state index in [4.69, 9.17) is 10.5 Å². The summed E-state index contributed by atoms with van der Waals surface area (Å²) in [4.78, 5) is 24.3. The number of ether oxygens (including phenoxy) is 1. The Morgan fingerprint density at radius 3 is 2.26 bits per heavy atom. The molecule has 4 N–H and O–H groups in total. The van der Waals surface area contributed by atoms with Crippen molar-refractivity contribution < 1.29 is 27.9 Å². The third kappa shape index (κ3) is 11.0. The molecule has 0 aliphatic carbocycles. The van der Waals surface area contributed by atoms with E-state index in [-0.39, 0.29) is 30.2 Å². The number of aliphatic hydroxyl groups is 1. The number of aliphatic hydroxyl groups excluding tert-OH is 1. The number of hydrogen-bond acceptors (Lipinski definition) is 7. The smallest absolute Gasteiger partial charge is 0.407 e. The summed E-state index contributed by atoms with van der Waals surface area (Å²) < 4.78 is 34.2. The fourth-order valence-electron chi connectivity index (χ4n) is 4.09. The van der Waals surface area contributed by atoms with Crippen LogP contribution < -0.4 is 11.1 Å². The molecule has 0 fully saturated rings. The quantitative estimate of drug-likeness (QED) is 0.312. The van der Waals surface area contributed by atoms with Gasteiger partial charge in [0.05, 0.1) is 17.0 Å². The van der Waals surface area contributed by atoms with Crippen LogP contribution in [0.2, 0.25) is 0 Å². The maximum atomic E-state index is 13.8. The summed E-state index contributed by atoms with van der Waals surface area (Å²) in [5.41, 5.74) is 5.69. The van der Waals surface area contributed by atoms with Crippen LogP contribution >= 0.6 is 0 Å². The molecule has 39 heavy (non-hydrogen) atoms. The van der Waals surface area contributed by atoms with E-state index in [9.17, 15) is 23.1 Å². The first-order valence-corrected chi connectivity index (χ1v) is 14.5. The summed E-state index contributed by atoms with van der Waals surface area (Å²) >= 11 is 0. The second-order valence-electron chi connectivity index (χ2n) is 11.7. The van der Waals surface area contributed by atoms with E-state index in [2.05, 4.69) is 5.32 Å². The van der Waals surface area contributed by atoms with E-state index < -0.39 is 39.3 Å². The van der Waals surface area contributed by atoms with Crippen LogP contribution in [-0.4, -0.2) is 60.5 Å². The Morgan fingerprint density at radius 2 is 1.69 bits per heavy atom. The molecule has 0 bridgehead atoms. The van der Waals surface area contributed by atoms with Crippen LogP contribution in [0.4, 0.5) is 10.5 Å². The Hall–Kier alpha value is -2.95. The molecule has 2 aromatic carbocycles. The fourth-order valence-corrected chi connectivity index (χ4v) is 5.79. The maximum Gasteiger partial charge on any atom is 0.407 e. The molecule has 216 valence electrons. The molecule has 0 aromatic heterocycles.